The second-order valence-electron chi connectivity index (χ2n) is 8.76. The highest BCUT2D eigenvalue weighted by Crippen LogP contribution is 2.44. The van der Waals surface area contributed by atoms with E-state index in [0.29, 0.717) is 23.1 Å². The van der Waals surface area contributed by atoms with E-state index in [1.165, 1.54) is 51.4 Å². The predicted octanol–water partition coefficient (Wildman–Crippen LogP) is 5.89. The number of hydrogen-bond acceptors (Lipinski definition) is 3. The van der Waals surface area contributed by atoms with Gasteiger partial charge in [-0.3, -0.25) is 9.59 Å². The molecule has 3 aliphatic carbocycles. The fourth-order valence-electron chi connectivity index (χ4n) is 5.62. The summed E-state index contributed by atoms with van der Waals surface area (Å²) in [5, 5.41) is 10.5. The van der Waals surface area contributed by atoms with Crippen LogP contribution in [0.4, 0.5) is 0 Å². The van der Waals surface area contributed by atoms with Gasteiger partial charge >= 0.3 is 0 Å². The van der Waals surface area contributed by atoms with Gasteiger partial charge in [-0.2, -0.15) is 0 Å². The Morgan fingerprint density at radius 2 is 1.59 bits per heavy atom. The number of ketones is 2. The van der Waals surface area contributed by atoms with Crippen molar-refractivity contribution in [2.24, 2.45) is 17.8 Å². The van der Waals surface area contributed by atoms with Gasteiger partial charge < -0.3 is 5.11 Å². The van der Waals surface area contributed by atoms with Crippen LogP contribution in [-0.2, 0) is 4.79 Å². The first-order chi connectivity index (χ1) is 13.1. The van der Waals surface area contributed by atoms with E-state index in [1.54, 1.807) is 24.3 Å². The van der Waals surface area contributed by atoms with Gasteiger partial charge in [0.05, 0.1) is 0 Å². The maximum absolute atomic E-state index is 12.4. The predicted molar refractivity (Wildman–Crippen MR) is 107 cm³/mol. The molecule has 0 heterocycles. The van der Waals surface area contributed by atoms with E-state index < -0.39 is 11.6 Å². The van der Waals surface area contributed by atoms with E-state index in [-0.39, 0.29) is 5.76 Å². The summed E-state index contributed by atoms with van der Waals surface area (Å²) < 4.78 is 0. The van der Waals surface area contributed by atoms with Crippen LogP contribution in [0.25, 0.3) is 5.76 Å². The number of benzene rings is 1. The molecule has 2 fully saturated rings. The maximum Gasteiger partial charge on any atom is 0.234 e. The fourth-order valence-corrected chi connectivity index (χ4v) is 5.62. The number of rotatable bonds is 5. The van der Waals surface area contributed by atoms with Crippen LogP contribution in [0, 0.1) is 17.8 Å². The van der Waals surface area contributed by atoms with Crippen LogP contribution in [0.15, 0.2) is 29.8 Å². The molecule has 0 aromatic heterocycles. The van der Waals surface area contributed by atoms with E-state index in [0.717, 1.165) is 30.6 Å². The van der Waals surface area contributed by atoms with E-state index in [4.69, 9.17) is 0 Å². The van der Waals surface area contributed by atoms with Crippen LogP contribution >= 0.6 is 0 Å². The first-order valence-electron chi connectivity index (χ1n) is 10.8. The van der Waals surface area contributed by atoms with Crippen LogP contribution < -0.4 is 0 Å². The molecule has 3 atom stereocenters. The standard InChI is InChI=1S/C24H30O3/c25-22-19-10-5-6-11-20(19)23(26)24(27)21(22)12-4-1-7-16-13-14-17-8-2-3-9-18(17)15-16/h5-6,10-11,16-18,25H,1-4,7-9,12-15H2/t16-,17+,18+/m1/s1. The average Bonchev–Trinajstić information content (AvgIpc) is 2.71. The van der Waals surface area contributed by atoms with Crippen molar-refractivity contribution < 1.29 is 14.7 Å². The van der Waals surface area contributed by atoms with Crippen LogP contribution in [0.1, 0.15) is 86.6 Å². The lowest BCUT2D eigenvalue weighted by molar-refractivity contribution is -0.112. The molecule has 1 aromatic carbocycles. The highest BCUT2D eigenvalue weighted by molar-refractivity contribution is 6.52. The molecule has 0 aliphatic heterocycles. The average molecular weight is 367 g/mol. The summed E-state index contributed by atoms with van der Waals surface area (Å²) in [6.45, 7) is 0. The molecule has 0 radical (unpaired) electrons. The number of carbonyl (C=O) groups is 2. The van der Waals surface area contributed by atoms with Gasteiger partial charge in [0.25, 0.3) is 0 Å². The van der Waals surface area contributed by atoms with Gasteiger partial charge in [-0.1, -0.05) is 69.2 Å². The van der Waals surface area contributed by atoms with Gasteiger partial charge in [0.15, 0.2) is 0 Å². The molecule has 3 heteroatoms. The van der Waals surface area contributed by atoms with Crippen LogP contribution in [0.3, 0.4) is 0 Å². The molecule has 0 spiro atoms. The van der Waals surface area contributed by atoms with Crippen LogP contribution in [0.2, 0.25) is 0 Å². The minimum absolute atomic E-state index is 0.0120. The van der Waals surface area contributed by atoms with Crippen molar-refractivity contribution in [1.82, 2.24) is 0 Å². The van der Waals surface area contributed by atoms with Crippen LogP contribution in [0.5, 0.6) is 0 Å². The third-order valence-corrected chi connectivity index (χ3v) is 7.13. The van der Waals surface area contributed by atoms with Gasteiger partial charge in [-0.15, -0.1) is 0 Å². The number of aliphatic hydroxyl groups excluding tert-OH is 1. The zero-order valence-corrected chi connectivity index (χ0v) is 16.1. The second kappa shape index (κ2) is 8.00. The molecule has 4 rings (SSSR count). The van der Waals surface area contributed by atoms with Crippen molar-refractivity contribution in [2.45, 2.75) is 70.6 Å². The zero-order chi connectivity index (χ0) is 18.8. The van der Waals surface area contributed by atoms with E-state index in [2.05, 4.69) is 0 Å². The molecule has 0 bridgehead atoms. The normalized spacial score (nSPS) is 28.1. The Kier molecular flexibility index (Phi) is 5.47. The van der Waals surface area contributed by atoms with Crippen molar-refractivity contribution in [1.29, 1.82) is 0 Å². The Bertz CT molecular complexity index is 761. The Hall–Kier alpha value is -1.90. The van der Waals surface area contributed by atoms with Crippen LogP contribution in [-0.4, -0.2) is 16.7 Å². The Labute approximate surface area is 161 Å². The van der Waals surface area contributed by atoms with Gasteiger partial charge in [-0.05, 0) is 43.4 Å². The summed E-state index contributed by atoms with van der Waals surface area (Å²) in [5.74, 6) is 1.79. The van der Waals surface area contributed by atoms with Crippen molar-refractivity contribution in [3.63, 3.8) is 0 Å². The quantitative estimate of drug-likeness (QED) is 0.522. The molecular weight excluding hydrogens is 336 g/mol. The molecule has 1 aromatic rings. The first kappa shape index (κ1) is 18.5. The highest BCUT2D eigenvalue weighted by atomic mass is 16.3. The topological polar surface area (TPSA) is 54.4 Å². The molecule has 144 valence electrons. The zero-order valence-electron chi connectivity index (χ0n) is 16.1. The monoisotopic (exact) mass is 366 g/mol. The number of carbonyl (C=O) groups excluding carboxylic acids is 2. The summed E-state index contributed by atoms with van der Waals surface area (Å²) in [7, 11) is 0. The molecule has 27 heavy (non-hydrogen) atoms. The number of allylic oxidation sites excluding steroid dienone is 1. The number of hydrogen-bond donors (Lipinski definition) is 1. The largest absolute Gasteiger partial charge is 0.507 e. The van der Waals surface area contributed by atoms with E-state index in [9.17, 15) is 14.7 Å². The van der Waals surface area contributed by atoms with Crippen molar-refractivity contribution >= 4 is 17.3 Å². The summed E-state index contributed by atoms with van der Waals surface area (Å²) in [5.41, 5.74) is 1.15. The molecule has 3 aliphatic rings. The molecule has 0 saturated heterocycles. The van der Waals surface area contributed by atoms with Crippen molar-refractivity contribution in [3.05, 3.63) is 41.0 Å². The lowest BCUT2D eigenvalue weighted by Gasteiger charge is -2.39. The number of Topliss-reactive ketones (excluding diaryl/α,β-unsaturated/α-hetero) is 2. The molecule has 3 nitrogen and oxygen atoms in total. The molecule has 0 unspecified atom stereocenters. The van der Waals surface area contributed by atoms with Crippen molar-refractivity contribution in [2.75, 3.05) is 0 Å². The minimum Gasteiger partial charge on any atom is -0.507 e. The fraction of sp³-hybridized carbons (Fsp3) is 0.583. The smallest absolute Gasteiger partial charge is 0.234 e. The van der Waals surface area contributed by atoms with E-state index >= 15 is 0 Å². The summed E-state index contributed by atoms with van der Waals surface area (Å²) >= 11 is 0. The molecule has 1 N–H and O–H groups in total. The van der Waals surface area contributed by atoms with Gasteiger partial charge in [0, 0.05) is 16.7 Å². The Morgan fingerprint density at radius 1 is 0.852 bits per heavy atom. The molecule has 2 saturated carbocycles. The molecular formula is C24H30O3. The number of unbranched alkanes of at least 4 members (excludes halogenated alkanes) is 1. The van der Waals surface area contributed by atoms with Gasteiger partial charge in [-0.25, -0.2) is 0 Å². The summed E-state index contributed by atoms with van der Waals surface area (Å²) in [6, 6.07) is 6.85. The van der Waals surface area contributed by atoms with Crippen molar-refractivity contribution in [3.8, 4) is 0 Å². The third kappa shape index (κ3) is 3.74. The lowest BCUT2D eigenvalue weighted by atomic mass is 9.67. The SMILES string of the molecule is O=C1C(=O)c2ccccc2C(O)=C1CCCC[C@@H]1CC[C@@H]2CCCC[C@H]2C1. The number of fused-ring (bicyclic) bond motifs is 2. The summed E-state index contributed by atoms with van der Waals surface area (Å²) in [6.07, 6.45) is 13.5. The maximum atomic E-state index is 12.4. The Balaban J connectivity index is 1.31. The molecule has 0 amide bonds. The minimum atomic E-state index is -0.520. The summed E-state index contributed by atoms with van der Waals surface area (Å²) in [4.78, 5) is 24.7. The third-order valence-electron chi connectivity index (χ3n) is 7.13. The highest BCUT2D eigenvalue weighted by Gasteiger charge is 2.33. The van der Waals surface area contributed by atoms with Gasteiger partial charge in [0.1, 0.15) is 5.76 Å². The lowest BCUT2D eigenvalue weighted by Crippen LogP contribution is -2.27. The van der Waals surface area contributed by atoms with Gasteiger partial charge in [0.2, 0.25) is 11.6 Å². The number of aliphatic hydroxyl groups is 1. The van der Waals surface area contributed by atoms with E-state index in [1.807, 2.05) is 0 Å². The first-order valence-corrected chi connectivity index (χ1v) is 10.8. The second-order valence-corrected chi connectivity index (χ2v) is 8.76. The Morgan fingerprint density at radius 3 is 2.41 bits per heavy atom.